The summed E-state index contributed by atoms with van der Waals surface area (Å²) in [4.78, 5) is 0. The summed E-state index contributed by atoms with van der Waals surface area (Å²) in [6.07, 6.45) is 1.97. The van der Waals surface area contributed by atoms with Gasteiger partial charge in [-0.3, -0.25) is 4.68 Å². The third-order valence-corrected chi connectivity index (χ3v) is 4.43. The number of aliphatic hydroxyl groups is 1. The molecule has 112 valence electrons. The molecule has 0 bridgehead atoms. The Morgan fingerprint density at radius 3 is 2.90 bits per heavy atom. The highest BCUT2D eigenvalue weighted by molar-refractivity contribution is 5.45. The van der Waals surface area contributed by atoms with Gasteiger partial charge in [0.25, 0.3) is 0 Å². The first-order chi connectivity index (χ1) is 10.1. The van der Waals surface area contributed by atoms with Gasteiger partial charge in [0.1, 0.15) is 5.75 Å². The number of hydrogen-bond acceptors (Lipinski definition) is 3. The van der Waals surface area contributed by atoms with E-state index in [0.29, 0.717) is 6.42 Å². The first-order valence-electron chi connectivity index (χ1n) is 7.49. The van der Waals surface area contributed by atoms with Crippen molar-refractivity contribution in [2.75, 3.05) is 6.61 Å². The Morgan fingerprint density at radius 1 is 1.38 bits per heavy atom. The number of ether oxygens (including phenoxy) is 1. The molecule has 1 aliphatic rings. The van der Waals surface area contributed by atoms with Gasteiger partial charge < -0.3 is 9.84 Å². The van der Waals surface area contributed by atoms with E-state index < -0.39 is 6.10 Å². The van der Waals surface area contributed by atoms with Crippen LogP contribution in [0.2, 0.25) is 0 Å². The molecule has 1 aliphatic heterocycles. The van der Waals surface area contributed by atoms with E-state index in [2.05, 4.69) is 18.1 Å². The summed E-state index contributed by atoms with van der Waals surface area (Å²) < 4.78 is 7.58. The molecule has 0 aliphatic carbocycles. The molecule has 0 saturated heterocycles. The molecule has 0 saturated carbocycles. The van der Waals surface area contributed by atoms with Crippen LogP contribution < -0.4 is 4.74 Å². The summed E-state index contributed by atoms with van der Waals surface area (Å²) in [6.45, 7) is 4.82. The number of aliphatic hydroxyl groups excluding tert-OH is 1. The average molecular weight is 286 g/mol. The largest absolute Gasteiger partial charge is 0.493 e. The van der Waals surface area contributed by atoms with Gasteiger partial charge in [-0.05, 0) is 37.8 Å². The minimum Gasteiger partial charge on any atom is -0.493 e. The van der Waals surface area contributed by atoms with E-state index in [4.69, 9.17) is 4.74 Å². The van der Waals surface area contributed by atoms with E-state index in [1.807, 2.05) is 30.8 Å². The molecule has 1 aromatic heterocycles. The van der Waals surface area contributed by atoms with Crippen LogP contribution in [0.5, 0.6) is 5.75 Å². The van der Waals surface area contributed by atoms with Gasteiger partial charge in [0.05, 0.1) is 18.4 Å². The van der Waals surface area contributed by atoms with Crippen molar-refractivity contribution in [2.45, 2.75) is 39.2 Å². The monoisotopic (exact) mass is 286 g/mol. The molecule has 0 radical (unpaired) electrons. The summed E-state index contributed by atoms with van der Waals surface area (Å²) in [5, 5.41) is 15.0. The Kier molecular flexibility index (Phi) is 3.72. The van der Waals surface area contributed by atoms with Gasteiger partial charge in [0, 0.05) is 24.7 Å². The summed E-state index contributed by atoms with van der Waals surface area (Å²) in [5.74, 6) is 0.893. The molecule has 4 nitrogen and oxygen atoms in total. The fraction of sp³-hybridized carbons (Fsp3) is 0.471. The van der Waals surface area contributed by atoms with Crippen LogP contribution in [0.15, 0.2) is 18.2 Å². The van der Waals surface area contributed by atoms with E-state index in [9.17, 15) is 5.11 Å². The molecule has 21 heavy (non-hydrogen) atoms. The molecule has 1 atom stereocenters. The van der Waals surface area contributed by atoms with Crippen molar-refractivity contribution in [3.63, 3.8) is 0 Å². The normalized spacial score (nSPS) is 14.9. The zero-order valence-corrected chi connectivity index (χ0v) is 12.9. The van der Waals surface area contributed by atoms with Crippen molar-refractivity contribution in [1.82, 2.24) is 9.78 Å². The number of benzene rings is 1. The van der Waals surface area contributed by atoms with Crippen LogP contribution in [-0.4, -0.2) is 21.5 Å². The first-order valence-corrected chi connectivity index (χ1v) is 7.49. The third kappa shape index (κ3) is 2.56. The average Bonchev–Trinajstić information content (AvgIpc) is 3.02. The van der Waals surface area contributed by atoms with Crippen LogP contribution >= 0.6 is 0 Å². The summed E-state index contributed by atoms with van der Waals surface area (Å²) in [5.41, 5.74) is 5.60. The minimum absolute atomic E-state index is 0.489. The lowest BCUT2D eigenvalue weighted by atomic mass is 9.98. The molecule has 0 fully saturated rings. The van der Waals surface area contributed by atoms with Gasteiger partial charge >= 0.3 is 0 Å². The molecular formula is C17H22N2O2. The summed E-state index contributed by atoms with van der Waals surface area (Å²) >= 11 is 0. The Labute approximate surface area is 125 Å². The molecule has 2 heterocycles. The van der Waals surface area contributed by atoms with Gasteiger partial charge in [0.2, 0.25) is 0 Å². The lowest BCUT2D eigenvalue weighted by molar-refractivity contribution is 0.163. The topological polar surface area (TPSA) is 47.3 Å². The van der Waals surface area contributed by atoms with Crippen molar-refractivity contribution in [3.05, 3.63) is 46.3 Å². The Balaban J connectivity index is 1.75. The van der Waals surface area contributed by atoms with Crippen LogP contribution in [0, 0.1) is 13.8 Å². The standard InChI is InChI=1S/C17H22N2O2/c1-11-14(12(2)19(3)18-11)7-8-16(20)15-6-4-5-13-9-10-21-17(13)15/h4-6,16,20H,7-10H2,1-3H3. The summed E-state index contributed by atoms with van der Waals surface area (Å²) in [7, 11) is 1.96. The number of aryl methyl sites for hydroxylation is 2. The molecule has 0 amide bonds. The zero-order valence-electron chi connectivity index (χ0n) is 12.9. The lowest BCUT2D eigenvalue weighted by Crippen LogP contribution is -2.03. The lowest BCUT2D eigenvalue weighted by Gasteiger charge is -2.14. The highest BCUT2D eigenvalue weighted by atomic mass is 16.5. The number of para-hydroxylation sites is 1. The second-order valence-corrected chi connectivity index (χ2v) is 5.76. The predicted octanol–water partition coefficient (Wildman–Crippen LogP) is 2.64. The van der Waals surface area contributed by atoms with Gasteiger partial charge in [-0.1, -0.05) is 18.2 Å². The van der Waals surface area contributed by atoms with Crippen molar-refractivity contribution >= 4 is 0 Å². The molecule has 0 spiro atoms. The fourth-order valence-electron chi connectivity index (χ4n) is 3.12. The van der Waals surface area contributed by atoms with E-state index in [-0.39, 0.29) is 0 Å². The second-order valence-electron chi connectivity index (χ2n) is 5.76. The first kappa shape index (κ1) is 14.1. The number of hydrogen-bond donors (Lipinski definition) is 1. The Bertz CT molecular complexity index is 661. The van der Waals surface area contributed by atoms with E-state index in [1.54, 1.807) is 0 Å². The van der Waals surface area contributed by atoms with Crippen molar-refractivity contribution in [1.29, 1.82) is 0 Å². The smallest absolute Gasteiger partial charge is 0.128 e. The van der Waals surface area contributed by atoms with Crippen molar-refractivity contribution in [2.24, 2.45) is 7.05 Å². The third-order valence-electron chi connectivity index (χ3n) is 4.43. The van der Waals surface area contributed by atoms with Crippen LogP contribution in [0.1, 0.15) is 40.6 Å². The highest BCUT2D eigenvalue weighted by Crippen LogP contribution is 2.35. The zero-order chi connectivity index (χ0) is 15.0. The quantitative estimate of drug-likeness (QED) is 0.940. The minimum atomic E-state index is -0.489. The van der Waals surface area contributed by atoms with Crippen LogP contribution in [0.3, 0.4) is 0 Å². The maximum Gasteiger partial charge on any atom is 0.128 e. The second kappa shape index (κ2) is 5.53. The van der Waals surface area contributed by atoms with Crippen LogP contribution in [0.25, 0.3) is 0 Å². The number of fused-ring (bicyclic) bond motifs is 1. The Hall–Kier alpha value is -1.81. The molecule has 1 N–H and O–H groups in total. The fourth-order valence-corrected chi connectivity index (χ4v) is 3.12. The molecular weight excluding hydrogens is 264 g/mol. The van der Waals surface area contributed by atoms with Crippen molar-refractivity contribution < 1.29 is 9.84 Å². The molecule has 3 rings (SSSR count). The van der Waals surface area contributed by atoms with E-state index in [0.717, 1.165) is 36.5 Å². The SMILES string of the molecule is Cc1nn(C)c(C)c1CCC(O)c1cccc2c1OCC2. The molecule has 1 unspecified atom stereocenters. The van der Waals surface area contributed by atoms with Gasteiger partial charge in [-0.2, -0.15) is 5.10 Å². The predicted molar refractivity (Wildman–Crippen MR) is 81.6 cm³/mol. The number of nitrogens with zero attached hydrogens (tertiary/aromatic N) is 2. The Morgan fingerprint density at radius 2 is 2.19 bits per heavy atom. The number of rotatable bonds is 4. The highest BCUT2D eigenvalue weighted by Gasteiger charge is 2.21. The van der Waals surface area contributed by atoms with Crippen LogP contribution in [-0.2, 0) is 19.9 Å². The molecule has 4 heteroatoms. The summed E-state index contributed by atoms with van der Waals surface area (Å²) in [6, 6.07) is 6.05. The van der Waals surface area contributed by atoms with Gasteiger partial charge in [-0.25, -0.2) is 0 Å². The van der Waals surface area contributed by atoms with Gasteiger partial charge in [-0.15, -0.1) is 0 Å². The van der Waals surface area contributed by atoms with E-state index in [1.165, 1.54) is 16.8 Å². The molecule has 2 aromatic rings. The maximum atomic E-state index is 10.5. The van der Waals surface area contributed by atoms with Crippen LogP contribution in [0.4, 0.5) is 0 Å². The van der Waals surface area contributed by atoms with E-state index >= 15 is 0 Å². The van der Waals surface area contributed by atoms with Crippen molar-refractivity contribution in [3.8, 4) is 5.75 Å². The molecule has 1 aromatic carbocycles. The van der Waals surface area contributed by atoms with Gasteiger partial charge in [0.15, 0.2) is 0 Å². The number of aromatic nitrogens is 2. The maximum absolute atomic E-state index is 10.5.